The molecule has 118 valence electrons. The van der Waals surface area contributed by atoms with E-state index in [1.54, 1.807) is 0 Å². The van der Waals surface area contributed by atoms with Gasteiger partial charge in [0, 0.05) is 36.2 Å². The Kier molecular flexibility index (Phi) is 5.69. The number of nitrogens with zero attached hydrogens (tertiary/aromatic N) is 1. The molecule has 0 aromatic heterocycles. The van der Waals surface area contributed by atoms with Crippen LogP contribution < -0.4 is 5.32 Å². The predicted octanol–water partition coefficient (Wildman–Crippen LogP) is 2.43. The summed E-state index contributed by atoms with van der Waals surface area (Å²) < 4.78 is 0. The monoisotopic (exact) mass is 296 g/mol. The third-order valence-corrected chi connectivity index (χ3v) is 3.60. The van der Waals surface area contributed by atoms with Gasteiger partial charge in [-0.15, -0.1) is 0 Å². The molecule has 0 saturated carbocycles. The van der Waals surface area contributed by atoms with Gasteiger partial charge in [0.1, 0.15) is 5.75 Å². The largest absolute Gasteiger partial charge is 0.508 e. The second-order valence-electron chi connectivity index (χ2n) is 6.35. The van der Waals surface area contributed by atoms with Gasteiger partial charge in [0.05, 0.1) is 11.0 Å². The fraction of sp³-hybridized carbons (Fsp3) is 0.600. The first kappa shape index (κ1) is 17.4. The molecule has 0 saturated heterocycles. The number of nitro groups is 1. The molecule has 0 radical (unpaired) electrons. The SMILES string of the molecule is CC(C)C(O)C(C)(C)CNCc1cc([N+](=O)[O-])ccc1O. The van der Waals surface area contributed by atoms with Crippen LogP contribution in [0.1, 0.15) is 33.3 Å². The van der Waals surface area contributed by atoms with Gasteiger partial charge in [-0.25, -0.2) is 0 Å². The van der Waals surface area contributed by atoms with Gasteiger partial charge in [0.25, 0.3) is 5.69 Å². The summed E-state index contributed by atoms with van der Waals surface area (Å²) in [6, 6.07) is 3.95. The lowest BCUT2D eigenvalue weighted by atomic mass is 9.80. The van der Waals surface area contributed by atoms with E-state index >= 15 is 0 Å². The zero-order chi connectivity index (χ0) is 16.2. The van der Waals surface area contributed by atoms with Crippen LogP contribution in [-0.4, -0.2) is 27.8 Å². The van der Waals surface area contributed by atoms with E-state index in [0.717, 1.165) is 0 Å². The summed E-state index contributed by atoms with van der Waals surface area (Å²) in [5.74, 6) is 0.170. The van der Waals surface area contributed by atoms with Crippen LogP contribution in [0.2, 0.25) is 0 Å². The minimum Gasteiger partial charge on any atom is -0.508 e. The second-order valence-corrected chi connectivity index (χ2v) is 6.35. The number of hydrogen-bond acceptors (Lipinski definition) is 5. The van der Waals surface area contributed by atoms with Crippen molar-refractivity contribution in [3.05, 3.63) is 33.9 Å². The number of aliphatic hydroxyl groups is 1. The summed E-state index contributed by atoms with van der Waals surface area (Å²) in [6.07, 6.45) is -0.455. The zero-order valence-electron chi connectivity index (χ0n) is 13.0. The molecule has 0 bridgehead atoms. The van der Waals surface area contributed by atoms with Crippen LogP contribution in [-0.2, 0) is 6.54 Å². The van der Waals surface area contributed by atoms with Crippen LogP contribution in [0.25, 0.3) is 0 Å². The number of non-ortho nitro benzene ring substituents is 1. The molecule has 0 aliphatic heterocycles. The Morgan fingerprint density at radius 2 is 2.00 bits per heavy atom. The number of benzene rings is 1. The van der Waals surface area contributed by atoms with Crippen molar-refractivity contribution in [2.24, 2.45) is 11.3 Å². The Hall–Kier alpha value is -1.66. The van der Waals surface area contributed by atoms with E-state index in [2.05, 4.69) is 5.32 Å². The lowest BCUT2D eigenvalue weighted by Crippen LogP contribution is -2.41. The quantitative estimate of drug-likeness (QED) is 0.530. The molecule has 0 aliphatic rings. The number of nitro benzene ring substituents is 1. The minimum absolute atomic E-state index is 0.0234. The third-order valence-electron chi connectivity index (χ3n) is 3.60. The molecule has 3 N–H and O–H groups in total. The molecule has 0 amide bonds. The molecule has 0 spiro atoms. The zero-order valence-corrected chi connectivity index (χ0v) is 13.0. The average Bonchev–Trinajstić information content (AvgIpc) is 2.39. The smallest absolute Gasteiger partial charge is 0.270 e. The lowest BCUT2D eigenvalue weighted by molar-refractivity contribution is -0.384. The number of aromatic hydroxyl groups is 1. The van der Waals surface area contributed by atoms with Crippen LogP contribution in [0.4, 0.5) is 5.69 Å². The van der Waals surface area contributed by atoms with Gasteiger partial charge >= 0.3 is 0 Å². The molecule has 0 fully saturated rings. The standard InChI is InChI=1S/C15H24N2O4/c1-10(2)14(19)15(3,4)9-16-8-11-7-12(17(20)21)5-6-13(11)18/h5-7,10,14,16,18-19H,8-9H2,1-4H3. The van der Waals surface area contributed by atoms with E-state index < -0.39 is 11.0 Å². The summed E-state index contributed by atoms with van der Waals surface area (Å²) in [4.78, 5) is 10.2. The van der Waals surface area contributed by atoms with Crippen molar-refractivity contribution in [3.8, 4) is 5.75 Å². The molecule has 1 atom stereocenters. The molecule has 1 unspecified atom stereocenters. The highest BCUT2D eigenvalue weighted by molar-refractivity contribution is 5.42. The van der Waals surface area contributed by atoms with Gasteiger partial charge in [0.15, 0.2) is 0 Å². The fourth-order valence-electron chi connectivity index (χ4n) is 2.35. The van der Waals surface area contributed by atoms with Crippen molar-refractivity contribution < 1.29 is 15.1 Å². The van der Waals surface area contributed by atoms with E-state index in [4.69, 9.17) is 0 Å². The van der Waals surface area contributed by atoms with E-state index in [1.807, 2.05) is 27.7 Å². The third kappa shape index (κ3) is 4.68. The Morgan fingerprint density at radius 3 is 2.52 bits per heavy atom. The molecule has 0 heterocycles. The van der Waals surface area contributed by atoms with Crippen molar-refractivity contribution >= 4 is 5.69 Å². The van der Waals surface area contributed by atoms with Crippen molar-refractivity contribution in [1.82, 2.24) is 5.32 Å². The van der Waals surface area contributed by atoms with Gasteiger partial charge in [-0.05, 0) is 12.0 Å². The van der Waals surface area contributed by atoms with Gasteiger partial charge < -0.3 is 15.5 Å². The predicted molar refractivity (Wildman–Crippen MR) is 81.1 cm³/mol. The molecular weight excluding hydrogens is 272 g/mol. The van der Waals surface area contributed by atoms with E-state index in [0.29, 0.717) is 18.7 Å². The van der Waals surface area contributed by atoms with Gasteiger partial charge in [0.2, 0.25) is 0 Å². The van der Waals surface area contributed by atoms with Crippen LogP contribution >= 0.6 is 0 Å². The normalized spacial score (nSPS) is 13.4. The van der Waals surface area contributed by atoms with Crippen molar-refractivity contribution in [3.63, 3.8) is 0 Å². The van der Waals surface area contributed by atoms with Crippen molar-refractivity contribution in [1.29, 1.82) is 0 Å². The van der Waals surface area contributed by atoms with E-state index in [1.165, 1.54) is 18.2 Å². The van der Waals surface area contributed by atoms with Gasteiger partial charge in [-0.2, -0.15) is 0 Å². The van der Waals surface area contributed by atoms with Crippen molar-refractivity contribution in [2.45, 2.75) is 40.3 Å². The molecular formula is C15H24N2O4. The Bertz CT molecular complexity index is 500. The molecule has 0 aliphatic carbocycles. The lowest BCUT2D eigenvalue weighted by Gasteiger charge is -2.33. The van der Waals surface area contributed by atoms with Crippen LogP contribution in [0.15, 0.2) is 18.2 Å². The van der Waals surface area contributed by atoms with Crippen molar-refractivity contribution in [2.75, 3.05) is 6.54 Å². The maximum absolute atomic E-state index is 10.7. The molecule has 1 aromatic rings. The summed E-state index contributed by atoms with van der Waals surface area (Å²) in [5.41, 5.74) is 0.0925. The highest BCUT2D eigenvalue weighted by Gasteiger charge is 2.29. The number of nitrogens with one attached hydrogen (secondary N) is 1. The summed E-state index contributed by atoms with van der Waals surface area (Å²) in [6.45, 7) is 8.67. The number of phenols is 1. The Balaban J connectivity index is 2.68. The minimum atomic E-state index is -0.491. The first-order chi connectivity index (χ1) is 9.65. The topological polar surface area (TPSA) is 95.6 Å². The summed E-state index contributed by atoms with van der Waals surface area (Å²) in [7, 11) is 0. The number of aliphatic hydroxyl groups excluding tert-OH is 1. The molecule has 1 aromatic carbocycles. The Morgan fingerprint density at radius 1 is 1.38 bits per heavy atom. The second kappa shape index (κ2) is 6.87. The van der Waals surface area contributed by atoms with E-state index in [-0.39, 0.29) is 22.8 Å². The highest BCUT2D eigenvalue weighted by atomic mass is 16.6. The Labute approximate surface area is 125 Å². The molecule has 1 rings (SSSR count). The molecule has 6 heteroatoms. The summed E-state index contributed by atoms with van der Waals surface area (Å²) in [5, 5.41) is 33.8. The van der Waals surface area contributed by atoms with Gasteiger partial charge in [-0.3, -0.25) is 10.1 Å². The first-order valence-electron chi connectivity index (χ1n) is 7.00. The van der Waals surface area contributed by atoms with Gasteiger partial charge in [-0.1, -0.05) is 27.7 Å². The number of phenolic OH excluding ortho intramolecular Hbond substituents is 1. The first-order valence-corrected chi connectivity index (χ1v) is 7.00. The highest BCUT2D eigenvalue weighted by Crippen LogP contribution is 2.26. The fourth-order valence-corrected chi connectivity index (χ4v) is 2.35. The average molecular weight is 296 g/mol. The van der Waals surface area contributed by atoms with E-state index in [9.17, 15) is 20.3 Å². The van der Waals surface area contributed by atoms with Crippen LogP contribution in [0.5, 0.6) is 5.75 Å². The van der Waals surface area contributed by atoms with Crippen LogP contribution in [0.3, 0.4) is 0 Å². The molecule has 6 nitrogen and oxygen atoms in total. The number of rotatable bonds is 7. The summed E-state index contributed by atoms with van der Waals surface area (Å²) >= 11 is 0. The maximum atomic E-state index is 10.7. The number of hydrogen-bond donors (Lipinski definition) is 3. The molecule has 21 heavy (non-hydrogen) atoms. The van der Waals surface area contributed by atoms with Crippen LogP contribution in [0, 0.1) is 21.4 Å². The maximum Gasteiger partial charge on any atom is 0.270 e.